The highest BCUT2D eigenvalue weighted by Crippen LogP contribution is 2.45. The van der Waals surface area contributed by atoms with Crippen LogP contribution < -0.4 is 4.74 Å². The number of benzene rings is 1. The maximum atomic E-state index is 14.9. The molecule has 2 fully saturated rings. The van der Waals surface area contributed by atoms with Crippen LogP contribution >= 0.6 is 0 Å². The molecule has 1 saturated carbocycles. The molecular weight excluding hydrogens is 461 g/mol. The van der Waals surface area contributed by atoms with Crippen LogP contribution in [0.4, 0.5) is 22.0 Å². The van der Waals surface area contributed by atoms with Gasteiger partial charge in [-0.3, -0.25) is 4.79 Å². The van der Waals surface area contributed by atoms with Crippen molar-refractivity contribution in [1.82, 2.24) is 14.9 Å². The number of aromatic nitrogens is 2. The third kappa shape index (κ3) is 3.78. The number of oxazole rings is 1. The first-order valence-corrected chi connectivity index (χ1v) is 10.5. The molecule has 3 unspecified atom stereocenters. The topological polar surface area (TPSA) is 68.5 Å². The number of halogens is 5. The lowest BCUT2D eigenvalue weighted by molar-refractivity contribution is -0.137. The number of alkyl halides is 4. The number of pyridine rings is 1. The van der Waals surface area contributed by atoms with Crippen molar-refractivity contribution in [3.05, 3.63) is 65.9 Å². The van der Waals surface area contributed by atoms with E-state index in [9.17, 15) is 26.7 Å². The molecule has 1 aromatic carbocycles. The van der Waals surface area contributed by atoms with E-state index in [1.807, 2.05) is 0 Å². The molecule has 178 valence electrons. The maximum Gasteiger partial charge on any atom is 0.417 e. The SMILES string of the molecule is O=C(c1c(F)cccc1-c1ncco1)N1C(CF)C2CC1[C@@H](Oc1ccc(C(F)(F)F)cn1)C2. The minimum absolute atomic E-state index is 0.0406. The molecule has 1 amide bonds. The Balaban J connectivity index is 1.43. The number of carbonyl (C=O) groups is 1. The van der Waals surface area contributed by atoms with Gasteiger partial charge in [0.2, 0.25) is 11.8 Å². The second kappa shape index (κ2) is 8.37. The van der Waals surface area contributed by atoms with Crippen LogP contribution in [0.1, 0.15) is 28.8 Å². The molecule has 0 radical (unpaired) electrons. The van der Waals surface area contributed by atoms with E-state index >= 15 is 0 Å². The number of rotatable bonds is 5. The van der Waals surface area contributed by atoms with Crippen molar-refractivity contribution in [2.45, 2.75) is 37.2 Å². The van der Waals surface area contributed by atoms with Crippen LogP contribution in [0.5, 0.6) is 5.88 Å². The Labute approximate surface area is 190 Å². The number of hydrogen-bond acceptors (Lipinski definition) is 5. The predicted octanol–water partition coefficient (Wildman–Crippen LogP) is 4.91. The Morgan fingerprint density at radius 2 is 2.00 bits per heavy atom. The van der Waals surface area contributed by atoms with E-state index in [4.69, 9.17) is 9.15 Å². The summed E-state index contributed by atoms with van der Waals surface area (Å²) in [5, 5.41) is 0. The Morgan fingerprint density at radius 3 is 2.65 bits per heavy atom. The van der Waals surface area contributed by atoms with Crippen molar-refractivity contribution in [2.24, 2.45) is 5.92 Å². The van der Waals surface area contributed by atoms with Crippen LogP contribution in [-0.4, -0.2) is 45.6 Å². The first-order chi connectivity index (χ1) is 16.3. The third-order valence-corrected chi connectivity index (χ3v) is 6.39. The summed E-state index contributed by atoms with van der Waals surface area (Å²) in [6, 6.07) is 4.61. The van der Waals surface area contributed by atoms with Gasteiger partial charge in [-0.05, 0) is 37.0 Å². The molecule has 2 bridgehead atoms. The van der Waals surface area contributed by atoms with Crippen molar-refractivity contribution in [1.29, 1.82) is 0 Å². The maximum absolute atomic E-state index is 14.9. The smallest absolute Gasteiger partial charge is 0.417 e. The summed E-state index contributed by atoms with van der Waals surface area (Å²) in [6.45, 7) is -0.819. The molecule has 11 heteroatoms. The summed E-state index contributed by atoms with van der Waals surface area (Å²) in [4.78, 5) is 22.5. The van der Waals surface area contributed by atoms with Gasteiger partial charge in [-0.1, -0.05) is 6.07 Å². The number of nitrogens with zero attached hydrogens (tertiary/aromatic N) is 3. The summed E-state index contributed by atoms with van der Waals surface area (Å²) < 4.78 is 78.3. The van der Waals surface area contributed by atoms with Crippen LogP contribution in [0.25, 0.3) is 11.5 Å². The van der Waals surface area contributed by atoms with Crippen LogP contribution in [0, 0.1) is 11.7 Å². The number of hydrogen-bond donors (Lipinski definition) is 0. The molecule has 3 aromatic rings. The van der Waals surface area contributed by atoms with Crippen LogP contribution in [0.15, 0.2) is 53.4 Å². The van der Waals surface area contributed by atoms with Gasteiger partial charge in [-0.15, -0.1) is 0 Å². The number of carbonyl (C=O) groups excluding carboxylic acids is 1. The summed E-state index contributed by atoms with van der Waals surface area (Å²) in [7, 11) is 0. The van der Waals surface area contributed by atoms with Gasteiger partial charge in [0.05, 0.1) is 35.0 Å². The Hall–Kier alpha value is -3.50. The van der Waals surface area contributed by atoms with Crippen LogP contribution in [0.2, 0.25) is 0 Å². The normalized spacial score (nSPS) is 24.0. The average molecular weight is 479 g/mol. The van der Waals surface area contributed by atoms with E-state index < -0.39 is 48.3 Å². The molecular formula is C23H18F5N3O3. The largest absolute Gasteiger partial charge is 0.472 e. The average Bonchev–Trinajstić information content (AvgIpc) is 3.54. The number of likely N-dealkylation sites (tertiary alicyclic amines) is 1. The lowest BCUT2D eigenvalue weighted by Gasteiger charge is -2.38. The highest BCUT2D eigenvalue weighted by atomic mass is 19.4. The summed E-state index contributed by atoms with van der Waals surface area (Å²) >= 11 is 0. The predicted molar refractivity (Wildman–Crippen MR) is 108 cm³/mol. The molecule has 0 N–H and O–H groups in total. The lowest BCUT2D eigenvalue weighted by Crippen LogP contribution is -2.53. The Bertz CT molecular complexity index is 1180. The lowest BCUT2D eigenvalue weighted by atomic mass is 9.96. The molecule has 5 rings (SSSR count). The number of amides is 1. The molecule has 3 heterocycles. The number of ether oxygens (including phenoxy) is 1. The highest BCUT2D eigenvalue weighted by molar-refractivity contribution is 6.01. The summed E-state index contributed by atoms with van der Waals surface area (Å²) in [5.41, 5.74) is -1.07. The van der Waals surface area contributed by atoms with Crippen LogP contribution in [-0.2, 0) is 6.18 Å². The second-order valence-corrected chi connectivity index (χ2v) is 8.27. The van der Waals surface area contributed by atoms with Gasteiger partial charge in [0.25, 0.3) is 5.91 Å². The van der Waals surface area contributed by atoms with Crippen molar-refractivity contribution in [2.75, 3.05) is 6.67 Å². The number of fused-ring (bicyclic) bond motifs is 2. The van der Waals surface area contributed by atoms with Crippen molar-refractivity contribution in [3.8, 4) is 17.3 Å². The monoisotopic (exact) mass is 479 g/mol. The van der Waals surface area contributed by atoms with E-state index in [1.54, 1.807) is 0 Å². The first kappa shape index (κ1) is 22.3. The van der Waals surface area contributed by atoms with Gasteiger partial charge in [0.1, 0.15) is 24.9 Å². The molecule has 1 aliphatic carbocycles. The zero-order chi connectivity index (χ0) is 24.0. The standard InChI is InChI=1S/C23H18F5N3O3/c24-10-17-12-8-16(18(9-12)34-19-5-4-13(11-30-19)23(26,27)28)31(17)22(32)20-14(2-1-3-15(20)25)21-29-6-7-33-21/h1-7,11-12,16-18H,8-10H2/t12?,16?,17?,18-/m0/s1. The number of piperidine rings is 1. The molecule has 4 atom stereocenters. The molecule has 6 nitrogen and oxygen atoms in total. The van der Waals surface area contributed by atoms with Crippen molar-refractivity contribution in [3.63, 3.8) is 0 Å². The van der Waals surface area contributed by atoms with E-state index in [0.717, 1.165) is 18.2 Å². The van der Waals surface area contributed by atoms with E-state index in [2.05, 4.69) is 9.97 Å². The molecule has 34 heavy (non-hydrogen) atoms. The van der Waals surface area contributed by atoms with Crippen molar-refractivity contribution < 1.29 is 35.9 Å². The molecule has 0 spiro atoms. The van der Waals surface area contributed by atoms with Gasteiger partial charge in [-0.2, -0.15) is 13.2 Å². The molecule has 1 aliphatic heterocycles. The molecule has 2 aliphatic rings. The molecule has 2 aromatic heterocycles. The fourth-order valence-corrected chi connectivity index (χ4v) is 4.90. The Kier molecular flexibility index (Phi) is 5.49. The van der Waals surface area contributed by atoms with E-state index in [1.165, 1.54) is 29.5 Å². The quantitative estimate of drug-likeness (QED) is 0.487. The highest BCUT2D eigenvalue weighted by Gasteiger charge is 2.55. The summed E-state index contributed by atoms with van der Waals surface area (Å²) in [5.74, 6) is -1.76. The van der Waals surface area contributed by atoms with Gasteiger partial charge in [0.15, 0.2) is 0 Å². The van der Waals surface area contributed by atoms with E-state index in [-0.39, 0.29) is 28.8 Å². The Morgan fingerprint density at radius 1 is 1.18 bits per heavy atom. The van der Waals surface area contributed by atoms with E-state index in [0.29, 0.717) is 19.0 Å². The third-order valence-electron chi connectivity index (χ3n) is 6.39. The fraction of sp³-hybridized carbons (Fsp3) is 0.348. The molecule has 1 saturated heterocycles. The minimum Gasteiger partial charge on any atom is -0.472 e. The van der Waals surface area contributed by atoms with Gasteiger partial charge >= 0.3 is 6.18 Å². The minimum atomic E-state index is -4.53. The summed E-state index contributed by atoms with van der Waals surface area (Å²) in [6.07, 6.45) is -1.02. The zero-order valence-corrected chi connectivity index (χ0v) is 17.5. The fourth-order valence-electron chi connectivity index (χ4n) is 4.90. The zero-order valence-electron chi connectivity index (χ0n) is 17.5. The van der Waals surface area contributed by atoms with Gasteiger partial charge in [-0.25, -0.2) is 18.7 Å². The van der Waals surface area contributed by atoms with Crippen LogP contribution in [0.3, 0.4) is 0 Å². The second-order valence-electron chi connectivity index (χ2n) is 8.27. The van der Waals surface area contributed by atoms with Gasteiger partial charge in [0, 0.05) is 12.3 Å². The first-order valence-electron chi connectivity index (χ1n) is 10.5. The van der Waals surface area contributed by atoms with Gasteiger partial charge < -0.3 is 14.1 Å². The van der Waals surface area contributed by atoms with Crippen molar-refractivity contribution >= 4 is 5.91 Å².